The van der Waals surface area contributed by atoms with Crippen LogP contribution in [0.4, 0.5) is 4.79 Å². The third-order valence-electron chi connectivity index (χ3n) is 4.37. The second-order valence-electron chi connectivity index (χ2n) is 7.24. The molecule has 1 aromatic rings. The number of amides is 1. The van der Waals surface area contributed by atoms with E-state index in [9.17, 15) is 14.4 Å². The molecule has 1 amide bonds. The molecule has 1 saturated carbocycles. The second-order valence-corrected chi connectivity index (χ2v) is 7.24. The van der Waals surface area contributed by atoms with Gasteiger partial charge in [0.25, 0.3) is 5.79 Å². The van der Waals surface area contributed by atoms with Crippen molar-refractivity contribution in [1.82, 2.24) is 5.32 Å². The van der Waals surface area contributed by atoms with Gasteiger partial charge >= 0.3 is 18.0 Å². The summed E-state index contributed by atoms with van der Waals surface area (Å²) >= 11 is 0. The number of rotatable bonds is 6. The number of alkyl carbamates (subject to hydrolysis) is 1. The zero-order valence-electron chi connectivity index (χ0n) is 16.1. The van der Waals surface area contributed by atoms with Crippen molar-refractivity contribution in [2.75, 3.05) is 6.54 Å². The minimum Gasteiger partial charge on any atom is -0.457 e. The van der Waals surface area contributed by atoms with E-state index in [1.807, 2.05) is 0 Å². The fourth-order valence-corrected chi connectivity index (χ4v) is 3.19. The Morgan fingerprint density at radius 1 is 1.04 bits per heavy atom. The molecule has 148 valence electrons. The lowest BCUT2D eigenvalue weighted by atomic mass is 9.84. The standard InChI is InChI=1S/C20H27NO6/c1-15(22)25-20(12-8-5-9-13-20)14-21-18(24)27-19(2,3)26-17(23)16-10-6-4-7-11-16/h4,6-7,10-11H,5,8-9,12-14H2,1-3H3,(H,21,24). The number of carbonyl (C=O) groups is 3. The Balaban J connectivity index is 1.89. The highest BCUT2D eigenvalue weighted by molar-refractivity contribution is 5.89. The van der Waals surface area contributed by atoms with Crippen molar-refractivity contribution >= 4 is 18.0 Å². The number of nitrogens with one attached hydrogen (secondary N) is 1. The van der Waals surface area contributed by atoms with Crippen LogP contribution >= 0.6 is 0 Å². The summed E-state index contributed by atoms with van der Waals surface area (Å²) in [6.45, 7) is 4.49. The van der Waals surface area contributed by atoms with E-state index in [0.717, 1.165) is 19.3 Å². The second kappa shape index (κ2) is 8.88. The average molecular weight is 377 g/mol. The maximum Gasteiger partial charge on any atom is 0.410 e. The molecule has 0 atom stereocenters. The number of benzene rings is 1. The number of ether oxygens (including phenoxy) is 3. The number of carbonyl (C=O) groups excluding carboxylic acids is 3. The quantitative estimate of drug-likeness (QED) is 0.602. The minimum absolute atomic E-state index is 0.161. The first kappa shape index (κ1) is 20.7. The van der Waals surface area contributed by atoms with Gasteiger partial charge in [0.2, 0.25) is 0 Å². The molecule has 7 heteroatoms. The van der Waals surface area contributed by atoms with Crippen LogP contribution in [0.15, 0.2) is 30.3 Å². The highest BCUT2D eigenvalue weighted by Crippen LogP contribution is 2.31. The molecule has 0 aromatic heterocycles. The molecule has 0 saturated heterocycles. The fraction of sp³-hybridized carbons (Fsp3) is 0.550. The molecular weight excluding hydrogens is 350 g/mol. The summed E-state index contributed by atoms with van der Waals surface area (Å²) < 4.78 is 16.0. The molecule has 27 heavy (non-hydrogen) atoms. The SMILES string of the molecule is CC(=O)OC1(CNC(=O)OC(C)(C)OC(=O)c2ccccc2)CCCCC1. The van der Waals surface area contributed by atoms with E-state index in [-0.39, 0.29) is 12.5 Å². The predicted molar refractivity (Wildman–Crippen MR) is 98.0 cm³/mol. The van der Waals surface area contributed by atoms with Crippen LogP contribution in [0, 0.1) is 0 Å². The van der Waals surface area contributed by atoms with Gasteiger partial charge < -0.3 is 19.5 Å². The molecule has 2 rings (SSSR count). The van der Waals surface area contributed by atoms with Crippen LogP contribution in [-0.4, -0.2) is 36.0 Å². The first-order chi connectivity index (χ1) is 12.7. The summed E-state index contributed by atoms with van der Waals surface area (Å²) in [6.07, 6.45) is 3.60. The molecule has 0 unspecified atom stereocenters. The Morgan fingerprint density at radius 3 is 2.26 bits per heavy atom. The maximum absolute atomic E-state index is 12.2. The van der Waals surface area contributed by atoms with Crippen molar-refractivity contribution in [3.05, 3.63) is 35.9 Å². The summed E-state index contributed by atoms with van der Waals surface area (Å²) in [6, 6.07) is 8.45. The lowest BCUT2D eigenvalue weighted by molar-refractivity contribution is -0.161. The van der Waals surface area contributed by atoms with Gasteiger partial charge in [0.15, 0.2) is 0 Å². The molecule has 0 spiro atoms. The molecule has 0 radical (unpaired) electrons. The maximum atomic E-state index is 12.2. The summed E-state index contributed by atoms with van der Waals surface area (Å²) in [5, 5.41) is 2.64. The lowest BCUT2D eigenvalue weighted by Crippen LogP contribution is -2.49. The Kier molecular flexibility index (Phi) is 6.82. The van der Waals surface area contributed by atoms with Crippen molar-refractivity contribution in [2.45, 2.75) is 64.3 Å². The zero-order chi connectivity index (χ0) is 19.9. The van der Waals surface area contributed by atoms with Crippen LogP contribution in [-0.2, 0) is 19.0 Å². The van der Waals surface area contributed by atoms with E-state index in [2.05, 4.69) is 5.32 Å². The molecule has 0 aliphatic heterocycles. The van der Waals surface area contributed by atoms with Crippen molar-refractivity contribution in [2.24, 2.45) is 0 Å². The van der Waals surface area contributed by atoms with Crippen molar-refractivity contribution in [1.29, 1.82) is 0 Å². The van der Waals surface area contributed by atoms with Gasteiger partial charge in [0.1, 0.15) is 5.60 Å². The highest BCUT2D eigenvalue weighted by atomic mass is 16.7. The largest absolute Gasteiger partial charge is 0.457 e. The minimum atomic E-state index is -1.45. The average Bonchev–Trinajstić information content (AvgIpc) is 2.60. The van der Waals surface area contributed by atoms with Gasteiger partial charge in [0, 0.05) is 20.8 Å². The summed E-state index contributed by atoms with van der Waals surface area (Å²) in [4.78, 5) is 35.7. The van der Waals surface area contributed by atoms with Crippen LogP contribution in [0.2, 0.25) is 0 Å². The molecule has 1 N–H and O–H groups in total. The molecular formula is C20H27NO6. The topological polar surface area (TPSA) is 90.9 Å². The van der Waals surface area contributed by atoms with Crippen LogP contribution < -0.4 is 5.32 Å². The van der Waals surface area contributed by atoms with Crippen molar-refractivity contribution < 1.29 is 28.6 Å². The van der Waals surface area contributed by atoms with Gasteiger partial charge in [-0.1, -0.05) is 24.6 Å². The number of hydrogen-bond donors (Lipinski definition) is 1. The number of hydrogen-bond acceptors (Lipinski definition) is 6. The predicted octanol–water partition coefficient (Wildman–Crippen LogP) is 3.57. The van der Waals surface area contributed by atoms with Crippen molar-refractivity contribution in [3.63, 3.8) is 0 Å². The summed E-state index contributed by atoms with van der Waals surface area (Å²) in [7, 11) is 0. The first-order valence-electron chi connectivity index (χ1n) is 9.16. The van der Waals surface area contributed by atoms with E-state index in [1.165, 1.54) is 20.8 Å². The molecule has 1 aromatic carbocycles. The number of esters is 2. The Hall–Kier alpha value is -2.57. The fourth-order valence-electron chi connectivity index (χ4n) is 3.19. The van der Waals surface area contributed by atoms with Gasteiger partial charge in [-0.05, 0) is 37.8 Å². The first-order valence-corrected chi connectivity index (χ1v) is 9.16. The van der Waals surface area contributed by atoms with Crippen LogP contribution in [0.5, 0.6) is 0 Å². The Morgan fingerprint density at radius 2 is 1.67 bits per heavy atom. The summed E-state index contributed by atoms with van der Waals surface area (Å²) in [5.74, 6) is -2.40. The van der Waals surface area contributed by atoms with E-state index in [0.29, 0.717) is 18.4 Å². The summed E-state index contributed by atoms with van der Waals surface area (Å²) in [5.41, 5.74) is -0.334. The molecule has 1 aliphatic carbocycles. The van der Waals surface area contributed by atoms with E-state index in [1.54, 1.807) is 30.3 Å². The molecule has 1 fully saturated rings. The molecule has 0 bridgehead atoms. The zero-order valence-corrected chi connectivity index (χ0v) is 16.1. The van der Waals surface area contributed by atoms with Gasteiger partial charge in [-0.25, -0.2) is 9.59 Å². The third kappa shape index (κ3) is 6.58. The van der Waals surface area contributed by atoms with Crippen molar-refractivity contribution in [3.8, 4) is 0 Å². The smallest absolute Gasteiger partial charge is 0.410 e. The van der Waals surface area contributed by atoms with Gasteiger partial charge in [-0.3, -0.25) is 4.79 Å². The molecule has 0 heterocycles. The van der Waals surface area contributed by atoms with Crippen LogP contribution in [0.3, 0.4) is 0 Å². The van der Waals surface area contributed by atoms with E-state index < -0.39 is 23.5 Å². The third-order valence-corrected chi connectivity index (χ3v) is 4.37. The lowest BCUT2D eigenvalue weighted by Gasteiger charge is -2.36. The Bertz CT molecular complexity index is 664. The van der Waals surface area contributed by atoms with Gasteiger partial charge in [0.05, 0.1) is 12.1 Å². The normalized spacial score (nSPS) is 16.1. The van der Waals surface area contributed by atoms with E-state index >= 15 is 0 Å². The van der Waals surface area contributed by atoms with Gasteiger partial charge in [-0.15, -0.1) is 0 Å². The molecule has 1 aliphatic rings. The van der Waals surface area contributed by atoms with E-state index in [4.69, 9.17) is 14.2 Å². The van der Waals surface area contributed by atoms with Gasteiger partial charge in [-0.2, -0.15) is 0 Å². The Labute approximate surface area is 159 Å². The van der Waals surface area contributed by atoms with Crippen LogP contribution in [0.1, 0.15) is 63.2 Å². The van der Waals surface area contributed by atoms with Crippen LogP contribution in [0.25, 0.3) is 0 Å². The highest BCUT2D eigenvalue weighted by Gasteiger charge is 2.36. The monoisotopic (exact) mass is 377 g/mol. The molecule has 7 nitrogen and oxygen atoms in total.